The zero-order chi connectivity index (χ0) is 21.1. The molecule has 0 aromatic heterocycles. The lowest BCUT2D eigenvalue weighted by molar-refractivity contribution is 0.184. The van der Waals surface area contributed by atoms with Gasteiger partial charge in [0.25, 0.3) is 0 Å². The lowest BCUT2D eigenvalue weighted by Gasteiger charge is -2.16. The van der Waals surface area contributed by atoms with Gasteiger partial charge in [0.15, 0.2) is 0 Å². The van der Waals surface area contributed by atoms with Crippen molar-refractivity contribution in [1.82, 2.24) is 0 Å². The number of hydrogen-bond donors (Lipinski definition) is 0. The maximum absolute atomic E-state index is 5.07. The Morgan fingerprint density at radius 1 is 0.926 bits per heavy atom. The first-order valence-electron chi connectivity index (χ1n) is 9.71. The normalized spacial score (nSPS) is 8.56. The molecule has 0 aliphatic heterocycles. The first-order valence-corrected chi connectivity index (χ1v) is 9.71. The van der Waals surface area contributed by atoms with Crippen LogP contribution in [0.2, 0.25) is 0 Å². The van der Waals surface area contributed by atoms with Crippen LogP contribution in [0.15, 0.2) is 67.8 Å². The quantitative estimate of drug-likeness (QED) is 0.403. The summed E-state index contributed by atoms with van der Waals surface area (Å²) in [6.07, 6.45) is 5.78. The molecule has 0 bridgehead atoms. The summed E-state index contributed by atoms with van der Waals surface area (Å²) in [6, 6.07) is 16.8. The molecular formula is C25H39NO. The number of benzene rings is 2. The van der Waals surface area contributed by atoms with E-state index in [0.29, 0.717) is 0 Å². The molecule has 0 spiro atoms. The van der Waals surface area contributed by atoms with Crippen LogP contribution < -0.4 is 5.06 Å². The van der Waals surface area contributed by atoms with Gasteiger partial charge < -0.3 is 0 Å². The summed E-state index contributed by atoms with van der Waals surface area (Å²) >= 11 is 0. The highest BCUT2D eigenvalue weighted by Crippen LogP contribution is 2.14. The molecule has 2 aromatic carbocycles. The molecule has 0 amide bonds. The number of rotatable bonds is 5. The fourth-order valence-electron chi connectivity index (χ4n) is 1.97. The van der Waals surface area contributed by atoms with Crippen molar-refractivity contribution in [1.29, 1.82) is 0 Å². The van der Waals surface area contributed by atoms with E-state index in [0.717, 1.165) is 18.5 Å². The highest BCUT2D eigenvalue weighted by Gasteiger charge is 1.98. The third kappa shape index (κ3) is 12.6. The number of nitrogens with zero attached hydrogens (tertiary/aromatic N) is 1. The van der Waals surface area contributed by atoms with Crippen LogP contribution in [0.4, 0.5) is 5.69 Å². The van der Waals surface area contributed by atoms with Crippen LogP contribution in [0.3, 0.4) is 0 Å². The standard InChI is InChI=1S/C10H15NO.C10H12.C3H6.C2H6/c1-4-9-6-5-7-10(8-9)11(2)12-3;1-3-9-5-7-10(4-2)8-6-9;1-3-2;1-2/h5-8H,4H2,1-3H3;3,5-8H,1,4H2,2H3;3H,1H2,2H3;1-2H3. The molecule has 0 heterocycles. The predicted octanol–water partition coefficient (Wildman–Crippen LogP) is 7.36. The van der Waals surface area contributed by atoms with Crippen LogP contribution in [-0.4, -0.2) is 14.2 Å². The summed E-state index contributed by atoms with van der Waals surface area (Å²) in [4.78, 5) is 5.07. The van der Waals surface area contributed by atoms with E-state index in [1.807, 2.05) is 46.0 Å². The SMILES string of the molecule is C=CC.C=Cc1ccc(CC)cc1.CC.CCc1cccc(N(C)OC)c1. The van der Waals surface area contributed by atoms with Crippen LogP contribution in [-0.2, 0) is 17.7 Å². The third-order valence-electron chi connectivity index (χ3n) is 3.58. The Bertz CT molecular complexity index is 602. The number of hydrogen-bond acceptors (Lipinski definition) is 2. The zero-order valence-corrected chi connectivity index (χ0v) is 18.5. The summed E-state index contributed by atoms with van der Waals surface area (Å²) in [5.41, 5.74) is 5.00. The first kappa shape index (κ1) is 26.9. The second kappa shape index (κ2) is 18.5. The Morgan fingerprint density at radius 3 is 1.85 bits per heavy atom. The van der Waals surface area contributed by atoms with E-state index in [-0.39, 0.29) is 0 Å². The molecule has 0 aliphatic carbocycles. The number of allylic oxidation sites excluding steroid dienone is 1. The first-order chi connectivity index (χ1) is 13.1. The van der Waals surface area contributed by atoms with Crippen molar-refractivity contribution < 1.29 is 4.84 Å². The molecule has 2 nitrogen and oxygen atoms in total. The minimum absolute atomic E-state index is 1.06. The van der Waals surface area contributed by atoms with Gasteiger partial charge >= 0.3 is 0 Å². The van der Waals surface area contributed by atoms with E-state index in [1.165, 1.54) is 16.7 Å². The average Bonchev–Trinajstić information content (AvgIpc) is 2.75. The van der Waals surface area contributed by atoms with Crippen LogP contribution in [0, 0.1) is 0 Å². The second-order valence-electron chi connectivity index (χ2n) is 5.41. The van der Waals surface area contributed by atoms with Gasteiger partial charge in [-0.15, -0.1) is 6.58 Å². The van der Waals surface area contributed by atoms with Gasteiger partial charge in [-0.1, -0.05) is 82.8 Å². The number of hydroxylamine groups is 1. The highest BCUT2D eigenvalue weighted by molar-refractivity contribution is 5.47. The van der Waals surface area contributed by atoms with E-state index >= 15 is 0 Å². The number of aryl methyl sites for hydroxylation is 2. The molecule has 0 atom stereocenters. The molecule has 2 rings (SSSR count). The Kier molecular flexibility index (Phi) is 18.4. The van der Waals surface area contributed by atoms with Crippen LogP contribution in [0.25, 0.3) is 6.08 Å². The minimum atomic E-state index is 1.06. The van der Waals surface area contributed by atoms with Crippen LogP contribution >= 0.6 is 0 Å². The molecule has 0 fully saturated rings. The molecule has 0 aliphatic rings. The van der Waals surface area contributed by atoms with Gasteiger partial charge in [0.1, 0.15) is 0 Å². The van der Waals surface area contributed by atoms with Crippen molar-refractivity contribution in [2.45, 2.75) is 47.5 Å². The molecule has 0 unspecified atom stereocenters. The molecule has 2 aromatic rings. The largest absolute Gasteiger partial charge is 0.277 e. The number of anilines is 1. The van der Waals surface area contributed by atoms with Crippen molar-refractivity contribution in [3.05, 3.63) is 84.5 Å². The fraction of sp³-hybridized carbons (Fsp3) is 0.360. The van der Waals surface area contributed by atoms with Crippen LogP contribution in [0.1, 0.15) is 51.3 Å². The second-order valence-corrected chi connectivity index (χ2v) is 5.41. The molecule has 0 saturated carbocycles. The van der Waals surface area contributed by atoms with Crippen LogP contribution in [0.5, 0.6) is 0 Å². The maximum Gasteiger partial charge on any atom is 0.0638 e. The van der Waals surface area contributed by atoms with Crippen molar-refractivity contribution in [2.75, 3.05) is 19.2 Å². The zero-order valence-electron chi connectivity index (χ0n) is 18.5. The summed E-state index contributed by atoms with van der Waals surface area (Å²) in [5.74, 6) is 0. The van der Waals surface area contributed by atoms with Gasteiger partial charge in [-0.25, -0.2) is 0 Å². The summed E-state index contributed by atoms with van der Waals surface area (Å²) in [6.45, 7) is 17.2. The highest BCUT2D eigenvalue weighted by atomic mass is 16.7. The molecule has 0 N–H and O–H groups in total. The van der Waals surface area contributed by atoms with Crippen molar-refractivity contribution in [3.8, 4) is 0 Å². The van der Waals surface area contributed by atoms with E-state index in [1.54, 1.807) is 18.2 Å². The average molecular weight is 370 g/mol. The third-order valence-corrected chi connectivity index (χ3v) is 3.58. The van der Waals surface area contributed by atoms with Crippen molar-refractivity contribution >= 4 is 11.8 Å². The van der Waals surface area contributed by atoms with E-state index in [9.17, 15) is 0 Å². The van der Waals surface area contributed by atoms with E-state index in [2.05, 4.69) is 63.4 Å². The molecule has 150 valence electrons. The maximum atomic E-state index is 5.07. The summed E-state index contributed by atoms with van der Waals surface area (Å²) < 4.78 is 0. The van der Waals surface area contributed by atoms with Crippen molar-refractivity contribution in [3.63, 3.8) is 0 Å². The topological polar surface area (TPSA) is 12.5 Å². The van der Waals surface area contributed by atoms with Gasteiger partial charge in [-0.05, 0) is 48.6 Å². The van der Waals surface area contributed by atoms with Gasteiger partial charge in [0, 0.05) is 7.05 Å². The van der Waals surface area contributed by atoms with Gasteiger partial charge in [-0.2, -0.15) is 0 Å². The molecular weight excluding hydrogens is 330 g/mol. The summed E-state index contributed by atoms with van der Waals surface area (Å²) in [5, 5.41) is 1.75. The lowest BCUT2D eigenvalue weighted by atomic mass is 10.1. The monoisotopic (exact) mass is 369 g/mol. The molecule has 0 radical (unpaired) electrons. The Hall–Kier alpha value is -2.32. The Labute approximate surface area is 168 Å². The van der Waals surface area contributed by atoms with Gasteiger partial charge in [-0.3, -0.25) is 9.90 Å². The molecule has 0 saturated heterocycles. The molecule has 27 heavy (non-hydrogen) atoms. The Morgan fingerprint density at radius 2 is 1.44 bits per heavy atom. The van der Waals surface area contributed by atoms with E-state index in [4.69, 9.17) is 4.84 Å². The van der Waals surface area contributed by atoms with E-state index < -0.39 is 0 Å². The van der Waals surface area contributed by atoms with Crippen molar-refractivity contribution in [2.24, 2.45) is 0 Å². The van der Waals surface area contributed by atoms with Gasteiger partial charge in [0.05, 0.1) is 12.8 Å². The minimum Gasteiger partial charge on any atom is -0.277 e. The summed E-state index contributed by atoms with van der Waals surface area (Å²) in [7, 11) is 3.56. The Balaban J connectivity index is 0. The smallest absolute Gasteiger partial charge is 0.0638 e. The van der Waals surface area contributed by atoms with Gasteiger partial charge in [0.2, 0.25) is 0 Å². The predicted molar refractivity (Wildman–Crippen MR) is 124 cm³/mol. The molecule has 2 heteroatoms. The fourth-order valence-corrected chi connectivity index (χ4v) is 1.97. The lowest BCUT2D eigenvalue weighted by Crippen LogP contribution is -2.14.